The summed E-state index contributed by atoms with van der Waals surface area (Å²) in [4.78, 5) is 11.4. The zero-order valence-corrected chi connectivity index (χ0v) is 8.38. The molecule has 0 heterocycles. The van der Waals surface area contributed by atoms with Crippen molar-refractivity contribution in [2.75, 3.05) is 6.54 Å². The number of phenolic OH excluding ortho intramolecular Hbond substituents is 1. The summed E-state index contributed by atoms with van der Waals surface area (Å²) in [5.74, 6) is -1.46. The summed E-state index contributed by atoms with van der Waals surface area (Å²) in [6.07, 6.45) is 0. The molecule has 1 aromatic carbocycles. The van der Waals surface area contributed by atoms with Gasteiger partial charge >= 0.3 is 0 Å². The van der Waals surface area contributed by atoms with E-state index in [1.807, 2.05) is 0 Å². The Labute approximate surface area is 87.2 Å². The van der Waals surface area contributed by atoms with Crippen molar-refractivity contribution in [3.63, 3.8) is 0 Å². The van der Waals surface area contributed by atoms with Gasteiger partial charge in [0, 0.05) is 12.6 Å². The molecule has 0 saturated carbocycles. The van der Waals surface area contributed by atoms with Gasteiger partial charge in [0.2, 0.25) is 0 Å². The van der Waals surface area contributed by atoms with Crippen LogP contribution in [0.1, 0.15) is 17.3 Å². The molecule has 3 nitrogen and oxygen atoms in total. The number of benzene rings is 1. The second kappa shape index (κ2) is 4.59. The van der Waals surface area contributed by atoms with Gasteiger partial charge in [0.15, 0.2) is 0 Å². The number of carbonyl (C=O) groups is 1. The highest BCUT2D eigenvalue weighted by atomic mass is 19.1. The number of nitrogens with one attached hydrogen (secondary N) is 1. The minimum atomic E-state index is -0.741. The van der Waals surface area contributed by atoms with Crippen LogP contribution in [0.25, 0.3) is 0 Å². The molecular formula is C11H12FNO2. The second-order valence-electron chi connectivity index (χ2n) is 3.30. The number of amides is 1. The minimum Gasteiger partial charge on any atom is -0.508 e. The average molecular weight is 209 g/mol. The summed E-state index contributed by atoms with van der Waals surface area (Å²) in [5, 5.41) is 11.5. The van der Waals surface area contributed by atoms with Crippen LogP contribution in [-0.2, 0) is 0 Å². The fourth-order valence-corrected chi connectivity index (χ4v) is 1.01. The summed E-state index contributed by atoms with van der Waals surface area (Å²) in [5.41, 5.74) is 0.691. The highest BCUT2D eigenvalue weighted by Crippen LogP contribution is 2.14. The van der Waals surface area contributed by atoms with Gasteiger partial charge in [0.25, 0.3) is 5.91 Å². The van der Waals surface area contributed by atoms with Crippen LogP contribution in [0.15, 0.2) is 30.4 Å². The summed E-state index contributed by atoms with van der Waals surface area (Å²) < 4.78 is 13.2. The van der Waals surface area contributed by atoms with Crippen LogP contribution in [0.5, 0.6) is 5.75 Å². The van der Waals surface area contributed by atoms with Crippen LogP contribution in [0.3, 0.4) is 0 Å². The highest BCUT2D eigenvalue weighted by molar-refractivity contribution is 5.94. The molecule has 0 aliphatic heterocycles. The average Bonchev–Trinajstić information content (AvgIpc) is 2.14. The molecule has 0 atom stereocenters. The van der Waals surface area contributed by atoms with Crippen molar-refractivity contribution in [1.29, 1.82) is 0 Å². The number of halogens is 1. The number of aromatic hydroxyl groups is 1. The van der Waals surface area contributed by atoms with E-state index in [0.717, 1.165) is 11.6 Å². The second-order valence-corrected chi connectivity index (χ2v) is 3.30. The van der Waals surface area contributed by atoms with Gasteiger partial charge < -0.3 is 10.4 Å². The van der Waals surface area contributed by atoms with Gasteiger partial charge in [0.1, 0.15) is 11.6 Å². The van der Waals surface area contributed by atoms with Crippen molar-refractivity contribution >= 4 is 5.91 Å². The normalized spacial score (nSPS) is 9.73. The standard InChI is InChI=1S/C11H12FNO2/c1-7(2)6-13-11(15)9-4-3-8(14)5-10(9)12/h3-5,14H,1,6H2,2H3,(H,13,15). The zero-order chi connectivity index (χ0) is 11.4. The van der Waals surface area contributed by atoms with Gasteiger partial charge in [-0.3, -0.25) is 4.79 Å². The molecule has 0 radical (unpaired) electrons. The first-order valence-electron chi connectivity index (χ1n) is 4.42. The Morgan fingerprint density at radius 1 is 1.60 bits per heavy atom. The predicted octanol–water partition coefficient (Wildman–Crippen LogP) is 1.84. The fourth-order valence-electron chi connectivity index (χ4n) is 1.01. The molecule has 2 N–H and O–H groups in total. The smallest absolute Gasteiger partial charge is 0.254 e. The molecule has 1 aromatic rings. The molecule has 15 heavy (non-hydrogen) atoms. The molecule has 0 saturated heterocycles. The monoisotopic (exact) mass is 209 g/mol. The molecule has 0 bridgehead atoms. The van der Waals surface area contributed by atoms with Gasteiger partial charge in [-0.1, -0.05) is 12.2 Å². The lowest BCUT2D eigenvalue weighted by atomic mass is 10.2. The first kappa shape index (κ1) is 11.2. The van der Waals surface area contributed by atoms with E-state index in [-0.39, 0.29) is 11.3 Å². The maximum atomic E-state index is 13.2. The largest absolute Gasteiger partial charge is 0.508 e. The SMILES string of the molecule is C=C(C)CNC(=O)c1ccc(O)cc1F. The summed E-state index contributed by atoms with van der Waals surface area (Å²) >= 11 is 0. The summed E-state index contributed by atoms with van der Waals surface area (Å²) in [6.45, 7) is 5.67. The Morgan fingerprint density at radius 3 is 2.80 bits per heavy atom. The first-order valence-corrected chi connectivity index (χ1v) is 4.42. The number of hydrogen-bond acceptors (Lipinski definition) is 2. The molecule has 0 spiro atoms. The van der Waals surface area contributed by atoms with Crippen LogP contribution in [0, 0.1) is 5.82 Å². The van der Waals surface area contributed by atoms with Gasteiger partial charge in [-0.05, 0) is 19.1 Å². The highest BCUT2D eigenvalue weighted by Gasteiger charge is 2.11. The molecule has 0 fully saturated rings. The van der Waals surface area contributed by atoms with Crippen molar-refractivity contribution in [3.8, 4) is 5.75 Å². The molecule has 1 rings (SSSR count). The molecule has 0 aliphatic carbocycles. The lowest BCUT2D eigenvalue weighted by Crippen LogP contribution is -2.25. The lowest BCUT2D eigenvalue weighted by molar-refractivity contribution is 0.0953. The summed E-state index contributed by atoms with van der Waals surface area (Å²) in [6, 6.07) is 3.40. The Morgan fingerprint density at radius 2 is 2.27 bits per heavy atom. The van der Waals surface area contributed by atoms with E-state index in [1.54, 1.807) is 6.92 Å². The zero-order valence-electron chi connectivity index (χ0n) is 8.38. The van der Waals surface area contributed by atoms with Gasteiger partial charge in [0.05, 0.1) is 5.56 Å². The Kier molecular flexibility index (Phi) is 3.44. The lowest BCUT2D eigenvalue weighted by Gasteiger charge is -2.05. The van der Waals surface area contributed by atoms with Gasteiger partial charge in [-0.2, -0.15) is 0 Å². The number of carbonyl (C=O) groups excluding carboxylic acids is 1. The number of hydrogen-bond donors (Lipinski definition) is 2. The molecular weight excluding hydrogens is 197 g/mol. The van der Waals surface area contributed by atoms with Crippen LogP contribution in [-0.4, -0.2) is 17.6 Å². The Hall–Kier alpha value is -1.84. The van der Waals surface area contributed by atoms with E-state index >= 15 is 0 Å². The maximum absolute atomic E-state index is 13.2. The third kappa shape index (κ3) is 3.09. The van der Waals surface area contributed by atoms with E-state index in [9.17, 15) is 9.18 Å². The first-order chi connectivity index (χ1) is 7.00. The topological polar surface area (TPSA) is 49.3 Å². The third-order valence-electron chi connectivity index (χ3n) is 1.75. The van der Waals surface area contributed by atoms with Gasteiger partial charge in [-0.25, -0.2) is 4.39 Å². The van der Waals surface area contributed by atoms with E-state index in [2.05, 4.69) is 11.9 Å². The quantitative estimate of drug-likeness (QED) is 0.746. The minimum absolute atomic E-state index is 0.0888. The molecule has 0 unspecified atom stereocenters. The van der Waals surface area contributed by atoms with Crippen LogP contribution >= 0.6 is 0 Å². The van der Waals surface area contributed by atoms with E-state index < -0.39 is 11.7 Å². The molecule has 4 heteroatoms. The molecule has 0 aliphatic rings. The molecule has 1 amide bonds. The van der Waals surface area contributed by atoms with Crippen molar-refractivity contribution in [2.45, 2.75) is 6.92 Å². The van der Waals surface area contributed by atoms with Crippen molar-refractivity contribution in [3.05, 3.63) is 41.7 Å². The van der Waals surface area contributed by atoms with Crippen LogP contribution < -0.4 is 5.32 Å². The maximum Gasteiger partial charge on any atom is 0.254 e. The van der Waals surface area contributed by atoms with E-state index in [0.29, 0.717) is 6.54 Å². The Balaban J connectivity index is 2.78. The van der Waals surface area contributed by atoms with Gasteiger partial charge in [-0.15, -0.1) is 0 Å². The molecule has 80 valence electrons. The van der Waals surface area contributed by atoms with Crippen molar-refractivity contribution in [1.82, 2.24) is 5.32 Å². The number of rotatable bonds is 3. The van der Waals surface area contributed by atoms with Crippen LogP contribution in [0.2, 0.25) is 0 Å². The molecule has 0 aromatic heterocycles. The van der Waals surface area contributed by atoms with Crippen molar-refractivity contribution < 1.29 is 14.3 Å². The third-order valence-corrected chi connectivity index (χ3v) is 1.75. The van der Waals surface area contributed by atoms with E-state index in [1.165, 1.54) is 12.1 Å². The Bertz CT molecular complexity index is 402. The predicted molar refractivity (Wildman–Crippen MR) is 55.2 cm³/mol. The van der Waals surface area contributed by atoms with Crippen LogP contribution in [0.4, 0.5) is 4.39 Å². The van der Waals surface area contributed by atoms with Crippen molar-refractivity contribution in [2.24, 2.45) is 0 Å². The number of phenols is 1. The fraction of sp³-hybridized carbons (Fsp3) is 0.182. The van der Waals surface area contributed by atoms with E-state index in [4.69, 9.17) is 5.11 Å². The summed E-state index contributed by atoms with van der Waals surface area (Å²) in [7, 11) is 0.